The van der Waals surface area contributed by atoms with Crippen molar-refractivity contribution in [2.24, 2.45) is 0 Å². The third-order valence-corrected chi connectivity index (χ3v) is 8.08. The Bertz CT molecular complexity index is 1410. The minimum Gasteiger partial charge on any atom is -0.379 e. The van der Waals surface area contributed by atoms with Crippen molar-refractivity contribution in [3.05, 3.63) is 120 Å². The molecular weight excluding hydrogens is 484 g/mol. The molecule has 0 unspecified atom stereocenters. The lowest BCUT2D eigenvalue weighted by Gasteiger charge is -2.29. The standard InChI is InChI=1S/C27H24O6S2/c1-27(2,23-17-9-11-19-25(23)32-34(28,29)21-13-5-3-6-14-21)24-18-10-12-20-26(24)33-35(30,31)22-15-7-4-8-16-22/h3-20H,1-2H3. The predicted octanol–water partition coefficient (Wildman–Crippen LogP) is 5.55. The zero-order valence-corrected chi connectivity index (χ0v) is 20.8. The van der Waals surface area contributed by atoms with E-state index in [1.165, 1.54) is 24.3 Å². The van der Waals surface area contributed by atoms with Gasteiger partial charge < -0.3 is 8.37 Å². The van der Waals surface area contributed by atoms with Crippen molar-refractivity contribution in [1.82, 2.24) is 0 Å². The summed E-state index contributed by atoms with van der Waals surface area (Å²) in [6.45, 7) is 3.70. The van der Waals surface area contributed by atoms with Crippen LogP contribution in [0.1, 0.15) is 25.0 Å². The van der Waals surface area contributed by atoms with Crippen LogP contribution in [0.3, 0.4) is 0 Å². The van der Waals surface area contributed by atoms with Gasteiger partial charge in [-0.3, -0.25) is 0 Å². The lowest BCUT2D eigenvalue weighted by molar-refractivity contribution is 0.465. The van der Waals surface area contributed by atoms with Crippen LogP contribution in [0.15, 0.2) is 119 Å². The molecule has 0 aliphatic heterocycles. The summed E-state index contributed by atoms with van der Waals surface area (Å²) in [5.41, 5.74) is 0.214. The summed E-state index contributed by atoms with van der Waals surface area (Å²) in [7, 11) is -8.16. The number of hydrogen-bond acceptors (Lipinski definition) is 6. The monoisotopic (exact) mass is 508 g/mol. The zero-order valence-electron chi connectivity index (χ0n) is 19.2. The highest BCUT2D eigenvalue weighted by atomic mass is 32.2. The van der Waals surface area contributed by atoms with Gasteiger partial charge in [-0.2, -0.15) is 16.8 Å². The van der Waals surface area contributed by atoms with Crippen LogP contribution < -0.4 is 8.37 Å². The zero-order chi connectivity index (χ0) is 25.1. The Morgan fingerprint density at radius 1 is 0.486 bits per heavy atom. The first-order chi connectivity index (χ1) is 16.6. The van der Waals surface area contributed by atoms with E-state index < -0.39 is 25.7 Å². The van der Waals surface area contributed by atoms with Crippen molar-refractivity contribution in [3.63, 3.8) is 0 Å². The molecule has 0 heterocycles. The molecule has 0 aliphatic carbocycles. The molecule has 180 valence electrons. The molecule has 35 heavy (non-hydrogen) atoms. The summed E-state index contributed by atoms with van der Waals surface area (Å²) in [5.74, 6) is 0.282. The quantitative estimate of drug-likeness (QED) is 0.290. The first-order valence-electron chi connectivity index (χ1n) is 10.8. The van der Waals surface area contributed by atoms with Crippen molar-refractivity contribution in [1.29, 1.82) is 0 Å². The maximum atomic E-state index is 12.9. The van der Waals surface area contributed by atoms with Crippen molar-refractivity contribution in [2.45, 2.75) is 29.1 Å². The Balaban J connectivity index is 1.74. The van der Waals surface area contributed by atoms with Crippen LogP contribution in [-0.4, -0.2) is 16.8 Å². The van der Waals surface area contributed by atoms with Gasteiger partial charge in [0.1, 0.15) is 21.3 Å². The predicted molar refractivity (Wildman–Crippen MR) is 134 cm³/mol. The van der Waals surface area contributed by atoms with E-state index in [9.17, 15) is 16.8 Å². The smallest absolute Gasteiger partial charge is 0.339 e. The van der Waals surface area contributed by atoms with Crippen LogP contribution >= 0.6 is 0 Å². The maximum Gasteiger partial charge on any atom is 0.339 e. The van der Waals surface area contributed by atoms with Crippen LogP contribution in [0.4, 0.5) is 0 Å². The normalized spacial score (nSPS) is 12.2. The molecule has 8 heteroatoms. The van der Waals surface area contributed by atoms with Crippen LogP contribution in [0.2, 0.25) is 0 Å². The lowest BCUT2D eigenvalue weighted by Crippen LogP contribution is -2.23. The third-order valence-electron chi connectivity index (χ3n) is 5.58. The molecule has 4 aromatic rings. The average Bonchev–Trinajstić information content (AvgIpc) is 2.85. The van der Waals surface area contributed by atoms with E-state index in [4.69, 9.17) is 8.37 Å². The minimum atomic E-state index is -4.08. The number of rotatable bonds is 8. The molecule has 0 atom stereocenters. The van der Waals surface area contributed by atoms with Crippen LogP contribution in [0, 0.1) is 0 Å². The van der Waals surface area contributed by atoms with Gasteiger partial charge in [0.05, 0.1) is 0 Å². The van der Waals surface area contributed by atoms with E-state index in [0.717, 1.165) is 0 Å². The van der Waals surface area contributed by atoms with Gasteiger partial charge >= 0.3 is 20.2 Å². The second kappa shape index (κ2) is 9.56. The first-order valence-corrected chi connectivity index (χ1v) is 13.6. The maximum absolute atomic E-state index is 12.9. The van der Waals surface area contributed by atoms with Gasteiger partial charge in [0.25, 0.3) is 0 Å². The van der Waals surface area contributed by atoms with Crippen molar-refractivity contribution in [3.8, 4) is 11.5 Å². The fraction of sp³-hybridized carbons (Fsp3) is 0.111. The van der Waals surface area contributed by atoms with E-state index in [2.05, 4.69) is 0 Å². The summed E-state index contributed by atoms with van der Waals surface area (Å²) in [5, 5.41) is 0. The van der Waals surface area contributed by atoms with Crippen molar-refractivity contribution >= 4 is 20.2 Å². The van der Waals surface area contributed by atoms with Crippen molar-refractivity contribution < 1.29 is 25.2 Å². The fourth-order valence-electron chi connectivity index (χ4n) is 3.76. The van der Waals surface area contributed by atoms with Gasteiger partial charge in [-0.15, -0.1) is 0 Å². The topological polar surface area (TPSA) is 86.7 Å². The van der Waals surface area contributed by atoms with Crippen LogP contribution in [-0.2, 0) is 25.7 Å². The molecule has 0 saturated carbocycles. The highest BCUT2D eigenvalue weighted by molar-refractivity contribution is 7.87. The Kier molecular flexibility index (Phi) is 6.69. The molecule has 0 amide bonds. The third kappa shape index (κ3) is 5.23. The molecule has 0 fully saturated rings. The fourth-order valence-corrected chi connectivity index (χ4v) is 5.70. The van der Waals surface area contributed by atoms with Gasteiger partial charge in [0, 0.05) is 16.5 Å². The van der Waals surface area contributed by atoms with Crippen LogP contribution in [0.25, 0.3) is 0 Å². The van der Waals surface area contributed by atoms with E-state index >= 15 is 0 Å². The Morgan fingerprint density at radius 2 is 0.800 bits per heavy atom. The summed E-state index contributed by atoms with van der Waals surface area (Å²) < 4.78 is 62.7. The van der Waals surface area contributed by atoms with E-state index in [1.54, 1.807) is 84.9 Å². The number of para-hydroxylation sites is 2. The summed E-state index contributed by atoms with van der Waals surface area (Å²) in [6.07, 6.45) is 0. The second-order valence-corrected chi connectivity index (χ2v) is 11.4. The number of hydrogen-bond donors (Lipinski definition) is 0. The first kappa shape index (κ1) is 24.5. The van der Waals surface area contributed by atoms with Gasteiger partial charge in [-0.25, -0.2) is 0 Å². The van der Waals surface area contributed by atoms with E-state index in [-0.39, 0.29) is 21.3 Å². The second-order valence-electron chi connectivity index (χ2n) is 8.32. The SMILES string of the molecule is CC(C)(c1ccccc1OS(=O)(=O)c1ccccc1)c1ccccc1OS(=O)(=O)c1ccccc1. The molecule has 6 nitrogen and oxygen atoms in total. The number of benzene rings is 4. The van der Waals surface area contributed by atoms with Gasteiger partial charge in [0.2, 0.25) is 0 Å². The van der Waals surface area contributed by atoms with E-state index in [1.807, 2.05) is 13.8 Å². The van der Waals surface area contributed by atoms with Gasteiger partial charge in [-0.05, 0) is 36.4 Å². The highest BCUT2D eigenvalue weighted by Gasteiger charge is 2.32. The molecule has 0 aromatic heterocycles. The molecule has 0 saturated heterocycles. The van der Waals surface area contributed by atoms with Crippen LogP contribution in [0.5, 0.6) is 11.5 Å². The average molecular weight is 509 g/mol. The molecule has 0 N–H and O–H groups in total. The molecule has 4 rings (SSSR count). The Labute approximate surface area is 206 Å². The molecule has 0 spiro atoms. The summed E-state index contributed by atoms with van der Waals surface area (Å²) in [4.78, 5) is 0.0654. The molecule has 0 radical (unpaired) electrons. The summed E-state index contributed by atoms with van der Waals surface area (Å²) in [6, 6.07) is 29.3. The highest BCUT2D eigenvalue weighted by Crippen LogP contribution is 2.42. The van der Waals surface area contributed by atoms with Crippen molar-refractivity contribution in [2.75, 3.05) is 0 Å². The van der Waals surface area contributed by atoms with Gasteiger partial charge in [0.15, 0.2) is 0 Å². The lowest BCUT2D eigenvalue weighted by atomic mass is 9.77. The molecule has 0 aliphatic rings. The Hall–Kier alpha value is -3.62. The summed E-state index contributed by atoms with van der Waals surface area (Å²) >= 11 is 0. The Morgan fingerprint density at radius 3 is 1.17 bits per heavy atom. The molecule has 4 aromatic carbocycles. The molecule has 0 bridgehead atoms. The van der Waals surface area contributed by atoms with E-state index in [0.29, 0.717) is 11.1 Å². The largest absolute Gasteiger partial charge is 0.379 e. The molecular formula is C27H24O6S2. The van der Waals surface area contributed by atoms with Gasteiger partial charge in [-0.1, -0.05) is 86.6 Å². The minimum absolute atomic E-state index is 0.0327.